The van der Waals surface area contributed by atoms with Crippen LogP contribution < -0.4 is 4.72 Å². The van der Waals surface area contributed by atoms with E-state index in [1.165, 1.54) is 0 Å². The van der Waals surface area contributed by atoms with Crippen LogP contribution in [0.2, 0.25) is 0 Å². The largest absolute Gasteiger partial charge is 0.347 e. The number of hydrazine groups is 1. The zero-order valence-electron chi connectivity index (χ0n) is 6.94. The van der Waals surface area contributed by atoms with Crippen molar-refractivity contribution in [2.75, 3.05) is 13.1 Å². The first kappa shape index (κ1) is 9.27. The molecule has 0 atom stereocenters. The summed E-state index contributed by atoms with van der Waals surface area (Å²) in [6.45, 7) is 3.98. The number of carbonyl (C=O) groups is 1. The maximum absolute atomic E-state index is 11.1. The number of hydrogen-bond donors (Lipinski definition) is 1. The third-order valence-electron chi connectivity index (χ3n) is 1.57. The summed E-state index contributed by atoms with van der Waals surface area (Å²) in [5.74, 6) is 0. The highest BCUT2D eigenvalue weighted by atomic mass is 32.2. The lowest BCUT2D eigenvalue weighted by Gasteiger charge is -2.20. The molecule has 0 aromatic rings. The highest BCUT2D eigenvalue weighted by molar-refractivity contribution is 7.88. The van der Waals surface area contributed by atoms with Crippen LogP contribution in [0.1, 0.15) is 13.8 Å². The Labute approximate surface area is 71.3 Å². The smallest absolute Gasteiger partial charge is 0.246 e. The van der Waals surface area contributed by atoms with Crippen molar-refractivity contribution in [3.8, 4) is 0 Å². The van der Waals surface area contributed by atoms with Crippen LogP contribution in [0.15, 0.2) is 0 Å². The fourth-order valence-corrected chi connectivity index (χ4v) is 2.31. The molecule has 0 bridgehead atoms. The molecule has 70 valence electrons. The van der Waals surface area contributed by atoms with E-state index >= 15 is 0 Å². The monoisotopic (exact) mass is 193 g/mol. The molecule has 6 nitrogen and oxygen atoms in total. The van der Waals surface area contributed by atoms with E-state index in [-0.39, 0.29) is 6.54 Å². The fourth-order valence-electron chi connectivity index (χ4n) is 1.09. The lowest BCUT2D eigenvalue weighted by atomic mass is 10.7. The maximum atomic E-state index is 11.1. The van der Waals surface area contributed by atoms with Crippen LogP contribution in [0.25, 0.3) is 0 Å². The van der Waals surface area contributed by atoms with E-state index in [4.69, 9.17) is 0 Å². The van der Waals surface area contributed by atoms with Crippen molar-refractivity contribution in [2.45, 2.75) is 13.8 Å². The van der Waals surface area contributed by atoms with Gasteiger partial charge >= 0.3 is 16.2 Å². The van der Waals surface area contributed by atoms with Gasteiger partial charge in [0.05, 0.1) is 0 Å². The van der Waals surface area contributed by atoms with Crippen molar-refractivity contribution >= 4 is 16.2 Å². The van der Waals surface area contributed by atoms with Gasteiger partial charge in [-0.3, -0.25) is 0 Å². The predicted molar refractivity (Wildman–Crippen MR) is 42.2 cm³/mol. The summed E-state index contributed by atoms with van der Waals surface area (Å²) in [5.41, 5.74) is 0. The van der Waals surface area contributed by atoms with Crippen molar-refractivity contribution in [3.05, 3.63) is 0 Å². The fraction of sp³-hybridized carbons (Fsp3) is 0.800. The number of rotatable bonds is 2. The Morgan fingerprint density at radius 1 is 1.33 bits per heavy atom. The molecule has 0 radical (unpaired) electrons. The molecule has 1 saturated heterocycles. The minimum Gasteiger partial charge on any atom is -0.246 e. The summed E-state index contributed by atoms with van der Waals surface area (Å²) < 4.78 is 25.1. The Morgan fingerprint density at radius 2 is 1.92 bits per heavy atom. The van der Waals surface area contributed by atoms with Gasteiger partial charge in [0, 0.05) is 13.1 Å². The molecule has 0 saturated carbocycles. The molecular formula is C5H11N3O3S. The summed E-state index contributed by atoms with van der Waals surface area (Å²) in [4.78, 5) is 11.0. The first-order valence-corrected chi connectivity index (χ1v) is 5.08. The van der Waals surface area contributed by atoms with Crippen molar-refractivity contribution < 1.29 is 13.2 Å². The molecule has 1 aliphatic heterocycles. The van der Waals surface area contributed by atoms with E-state index in [2.05, 4.69) is 0 Å². The predicted octanol–water partition coefficient (Wildman–Crippen LogP) is -0.487. The van der Waals surface area contributed by atoms with Gasteiger partial charge < -0.3 is 0 Å². The van der Waals surface area contributed by atoms with E-state index in [0.717, 1.165) is 9.42 Å². The Bertz CT molecular complexity index is 286. The van der Waals surface area contributed by atoms with E-state index in [1.807, 2.05) is 4.72 Å². The minimum atomic E-state index is -3.59. The molecule has 0 unspecified atom stereocenters. The van der Waals surface area contributed by atoms with Gasteiger partial charge in [0.15, 0.2) is 0 Å². The van der Waals surface area contributed by atoms with Crippen LogP contribution in [-0.4, -0.2) is 37.0 Å². The van der Waals surface area contributed by atoms with Crippen LogP contribution >= 0.6 is 0 Å². The van der Waals surface area contributed by atoms with Crippen molar-refractivity contribution in [3.63, 3.8) is 0 Å². The molecule has 1 fully saturated rings. The van der Waals surface area contributed by atoms with E-state index in [1.54, 1.807) is 13.8 Å². The minimum absolute atomic E-state index is 0.259. The highest BCUT2D eigenvalue weighted by Gasteiger charge is 2.38. The van der Waals surface area contributed by atoms with Crippen molar-refractivity contribution in [1.29, 1.82) is 0 Å². The van der Waals surface area contributed by atoms with Gasteiger partial charge in [-0.05, 0) is 13.8 Å². The quantitative estimate of drug-likeness (QED) is 0.643. The molecule has 7 heteroatoms. The van der Waals surface area contributed by atoms with Gasteiger partial charge in [0.1, 0.15) is 0 Å². The van der Waals surface area contributed by atoms with Crippen LogP contribution in [0.5, 0.6) is 0 Å². The van der Waals surface area contributed by atoms with Crippen molar-refractivity contribution in [2.24, 2.45) is 0 Å². The summed E-state index contributed by atoms with van der Waals surface area (Å²) >= 11 is 0. The van der Waals surface area contributed by atoms with E-state index in [9.17, 15) is 13.2 Å². The number of amides is 2. The Hall–Kier alpha value is -0.820. The molecule has 1 rings (SSSR count). The van der Waals surface area contributed by atoms with E-state index < -0.39 is 16.2 Å². The topological polar surface area (TPSA) is 69.7 Å². The molecule has 1 aliphatic rings. The van der Waals surface area contributed by atoms with Gasteiger partial charge in [-0.15, -0.1) is 0 Å². The van der Waals surface area contributed by atoms with Gasteiger partial charge in [0.25, 0.3) is 0 Å². The van der Waals surface area contributed by atoms with E-state index in [0.29, 0.717) is 6.54 Å². The lowest BCUT2D eigenvalue weighted by molar-refractivity contribution is 0.122. The summed E-state index contributed by atoms with van der Waals surface area (Å²) in [7, 11) is -3.59. The number of nitrogens with one attached hydrogen (secondary N) is 1. The second kappa shape index (κ2) is 2.91. The average molecular weight is 193 g/mol. The van der Waals surface area contributed by atoms with Crippen LogP contribution in [0, 0.1) is 0 Å². The van der Waals surface area contributed by atoms with Crippen LogP contribution in [-0.2, 0) is 10.2 Å². The maximum Gasteiger partial charge on any atom is 0.347 e. The molecule has 1 heterocycles. The zero-order chi connectivity index (χ0) is 9.35. The number of carbonyl (C=O) groups excluding carboxylic acids is 1. The number of hydrogen-bond acceptors (Lipinski definition) is 3. The standard InChI is InChI=1S/C5H11N3O3S/c1-3-7-5(9)6-12(10,11)8(7)4-2/h3-4H2,1-2H3,(H,6,9). The van der Waals surface area contributed by atoms with Gasteiger partial charge in [0.2, 0.25) is 0 Å². The second-order valence-electron chi connectivity index (χ2n) is 2.27. The Morgan fingerprint density at radius 3 is 2.25 bits per heavy atom. The van der Waals surface area contributed by atoms with Crippen molar-refractivity contribution in [1.82, 2.24) is 14.1 Å². The number of urea groups is 1. The molecule has 12 heavy (non-hydrogen) atoms. The van der Waals surface area contributed by atoms with Crippen LogP contribution in [0.4, 0.5) is 4.79 Å². The van der Waals surface area contributed by atoms with Gasteiger partial charge in [-0.25, -0.2) is 14.5 Å². The average Bonchev–Trinajstić information content (AvgIpc) is 2.18. The third-order valence-corrected chi connectivity index (χ3v) is 3.01. The molecule has 1 N–H and O–H groups in total. The lowest BCUT2D eigenvalue weighted by Crippen LogP contribution is -2.39. The summed E-state index contributed by atoms with van der Waals surface area (Å²) in [6, 6.07) is -0.584. The Balaban J connectivity index is 2.99. The summed E-state index contributed by atoms with van der Waals surface area (Å²) in [5, 5.41) is 1.15. The SMILES string of the molecule is CCN1C(=O)NS(=O)(=O)N1CC. The second-order valence-corrected chi connectivity index (χ2v) is 3.84. The molecular weight excluding hydrogens is 182 g/mol. The number of nitrogens with zero attached hydrogens (tertiary/aromatic N) is 2. The molecule has 0 aliphatic carbocycles. The molecule has 0 aromatic heterocycles. The first-order chi connectivity index (χ1) is 5.53. The Kier molecular flexibility index (Phi) is 2.25. The molecule has 0 spiro atoms. The molecule has 0 aromatic carbocycles. The van der Waals surface area contributed by atoms with Crippen LogP contribution in [0.3, 0.4) is 0 Å². The third kappa shape index (κ3) is 1.25. The first-order valence-electron chi connectivity index (χ1n) is 3.64. The summed E-state index contributed by atoms with van der Waals surface area (Å²) in [6.07, 6.45) is 0. The molecule has 2 amide bonds. The van der Waals surface area contributed by atoms with Gasteiger partial charge in [-0.1, -0.05) is 4.41 Å². The zero-order valence-corrected chi connectivity index (χ0v) is 7.76. The highest BCUT2D eigenvalue weighted by Crippen LogP contribution is 2.11. The normalized spacial score (nSPS) is 22.8. The van der Waals surface area contributed by atoms with Gasteiger partial charge in [-0.2, -0.15) is 8.42 Å².